The van der Waals surface area contributed by atoms with Gasteiger partial charge in [0, 0.05) is 17.8 Å². The van der Waals surface area contributed by atoms with Gasteiger partial charge in [0.15, 0.2) is 5.96 Å². The molecule has 0 radical (unpaired) electrons. The lowest BCUT2D eigenvalue weighted by Crippen LogP contribution is -2.22. The van der Waals surface area contributed by atoms with Gasteiger partial charge in [-0.2, -0.15) is 0 Å². The Morgan fingerprint density at radius 2 is 1.25 bits per heavy atom. The van der Waals surface area contributed by atoms with Crippen molar-refractivity contribution in [1.29, 1.82) is 10.8 Å². The van der Waals surface area contributed by atoms with E-state index in [1.165, 1.54) is 37.7 Å². The lowest BCUT2D eigenvalue weighted by atomic mass is 10.0. The van der Waals surface area contributed by atoms with E-state index in [1.54, 1.807) is 0 Å². The molecule has 6 heteroatoms. The summed E-state index contributed by atoms with van der Waals surface area (Å²) >= 11 is 0. The van der Waals surface area contributed by atoms with E-state index in [0.29, 0.717) is 0 Å². The van der Waals surface area contributed by atoms with Crippen molar-refractivity contribution in [3.8, 4) is 0 Å². The molecule has 6 nitrogen and oxygen atoms in total. The fraction of sp³-hybridized carbons (Fsp3) is 0.591. The van der Waals surface area contributed by atoms with Crippen molar-refractivity contribution in [2.24, 2.45) is 22.2 Å². The average molecular weight is 387 g/mol. The molecule has 0 unspecified atom stereocenters. The van der Waals surface area contributed by atoms with Crippen LogP contribution in [0.25, 0.3) is 0 Å². The molecule has 0 atom stereocenters. The zero-order valence-electron chi connectivity index (χ0n) is 17.2. The van der Waals surface area contributed by atoms with Gasteiger partial charge < -0.3 is 22.6 Å². The molecule has 0 aliphatic rings. The van der Waals surface area contributed by atoms with Crippen LogP contribution in [0.1, 0.15) is 81.8 Å². The molecule has 1 rings (SSSR count). The van der Waals surface area contributed by atoms with Gasteiger partial charge in [0.25, 0.3) is 0 Å². The lowest BCUT2D eigenvalue weighted by Gasteiger charge is -2.06. The molecule has 8 N–H and O–H groups in total. The van der Waals surface area contributed by atoms with Gasteiger partial charge in [0.05, 0.1) is 0 Å². The molecule has 156 valence electrons. The van der Waals surface area contributed by atoms with Crippen LogP contribution in [-0.2, 0) is 6.42 Å². The lowest BCUT2D eigenvalue weighted by molar-refractivity contribution is 0.585. The minimum absolute atomic E-state index is 0.114. The van der Waals surface area contributed by atoms with Gasteiger partial charge in [-0.15, -0.1) is 0 Å². The van der Waals surface area contributed by atoms with E-state index in [9.17, 15) is 0 Å². The Bertz CT molecular complexity index is 602. The van der Waals surface area contributed by atoms with Crippen molar-refractivity contribution in [2.75, 3.05) is 6.54 Å². The van der Waals surface area contributed by atoms with Crippen LogP contribution < -0.4 is 17.2 Å². The molecule has 0 fully saturated rings. The molecule has 0 amide bonds. The molecule has 1 aromatic carbocycles. The number of aryl methyl sites for hydroxylation is 1. The van der Waals surface area contributed by atoms with E-state index >= 15 is 0 Å². The van der Waals surface area contributed by atoms with Crippen molar-refractivity contribution < 1.29 is 0 Å². The third-order valence-corrected chi connectivity index (χ3v) is 4.89. The van der Waals surface area contributed by atoms with Gasteiger partial charge in [-0.3, -0.25) is 10.4 Å². The van der Waals surface area contributed by atoms with Gasteiger partial charge in [-0.25, -0.2) is 0 Å². The number of unbranched alkanes of at least 4 members (excludes halogenated alkanes) is 7. The summed E-state index contributed by atoms with van der Waals surface area (Å²) in [5, 5.41) is 15.5. The largest absolute Gasteiger partial charge is 0.384 e. The summed E-state index contributed by atoms with van der Waals surface area (Å²) in [4.78, 5) is 3.99. The third-order valence-electron chi connectivity index (χ3n) is 4.89. The van der Waals surface area contributed by atoms with Crippen LogP contribution >= 0.6 is 0 Å². The Kier molecular flexibility index (Phi) is 12.4. The SMILES string of the molecule is N=C(CCCCCCCCCN=C(N)N)CCCCc1ccc(C(=N)N)cc1. The normalized spacial score (nSPS) is 10.6. The highest BCUT2D eigenvalue weighted by molar-refractivity contribution is 5.94. The average Bonchev–Trinajstić information content (AvgIpc) is 2.66. The monoisotopic (exact) mass is 386 g/mol. The van der Waals surface area contributed by atoms with Crippen LogP contribution in [0.3, 0.4) is 0 Å². The van der Waals surface area contributed by atoms with Crippen LogP contribution in [0.15, 0.2) is 29.3 Å². The van der Waals surface area contributed by atoms with E-state index in [0.717, 1.165) is 62.8 Å². The molecular weight excluding hydrogens is 348 g/mol. The minimum atomic E-state index is 0.114. The molecule has 28 heavy (non-hydrogen) atoms. The summed E-state index contributed by atoms with van der Waals surface area (Å²) in [5.41, 5.74) is 19.0. The van der Waals surface area contributed by atoms with Crippen LogP contribution in [0, 0.1) is 10.8 Å². The topological polar surface area (TPSA) is 138 Å². The van der Waals surface area contributed by atoms with E-state index < -0.39 is 0 Å². The van der Waals surface area contributed by atoms with Gasteiger partial charge in [-0.1, -0.05) is 56.4 Å². The maximum absolute atomic E-state index is 8.10. The molecule has 0 aromatic heterocycles. The highest BCUT2D eigenvalue weighted by Crippen LogP contribution is 2.12. The number of nitrogens with one attached hydrogen (secondary N) is 2. The predicted molar refractivity (Wildman–Crippen MR) is 120 cm³/mol. The molecule has 0 saturated carbocycles. The highest BCUT2D eigenvalue weighted by Gasteiger charge is 2.01. The van der Waals surface area contributed by atoms with Gasteiger partial charge >= 0.3 is 0 Å². The number of nitrogens with two attached hydrogens (primary N) is 3. The summed E-state index contributed by atoms with van der Waals surface area (Å²) in [6, 6.07) is 7.90. The predicted octanol–water partition coefficient (Wildman–Crippen LogP) is 4.10. The molecular formula is C22H38N6. The smallest absolute Gasteiger partial charge is 0.185 e. The molecule has 0 aliphatic carbocycles. The zero-order valence-corrected chi connectivity index (χ0v) is 17.2. The summed E-state index contributed by atoms with van der Waals surface area (Å²) < 4.78 is 0. The van der Waals surface area contributed by atoms with E-state index in [2.05, 4.69) is 4.99 Å². The molecule has 0 bridgehead atoms. The second-order valence-corrected chi connectivity index (χ2v) is 7.45. The number of hydrogen-bond donors (Lipinski definition) is 5. The summed E-state index contributed by atoms with van der Waals surface area (Å²) in [6.07, 6.45) is 13.4. The summed E-state index contributed by atoms with van der Waals surface area (Å²) in [5.74, 6) is 0.300. The third kappa shape index (κ3) is 12.1. The Hall–Kier alpha value is -2.37. The molecule has 0 spiro atoms. The maximum atomic E-state index is 8.10. The number of amidine groups is 1. The number of nitrogen functional groups attached to an aromatic ring is 1. The number of rotatable bonds is 16. The first-order valence-electron chi connectivity index (χ1n) is 10.5. The fourth-order valence-corrected chi connectivity index (χ4v) is 3.19. The van der Waals surface area contributed by atoms with Crippen molar-refractivity contribution >= 4 is 17.5 Å². The van der Waals surface area contributed by atoms with Gasteiger partial charge in [-0.05, 0) is 50.5 Å². The fourth-order valence-electron chi connectivity index (χ4n) is 3.19. The first kappa shape index (κ1) is 23.7. The van der Waals surface area contributed by atoms with E-state index in [1.807, 2.05) is 24.3 Å². The van der Waals surface area contributed by atoms with E-state index in [-0.39, 0.29) is 11.8 Å². The van der Waals surface area contributed by atoms with Crippen LogP contribution in [0.2, 0.25) is 0 Å². The van der Waals surface area contributed by atoms with Crippen molar-refractivity contribution in [3.63, 3.8) is 0 Å². The minimum Gasteiger partial charge on any atom is -0.384 e. The standard InChI is InChI=1S/C22H38N6/c23-20(11-6-4-2-1-3-5-9-17-28-22(26)27)12-8-7-10-18-13-15-19(16-14-18)21(24)25/h13-16,23H,1-12,17H2,(H3,24,25)(H4,26,27,28). The Balaban J connectivity index is 1.94. The molecule has 0 heterocycles. The molecule has 0 saturated heterocycles. The highest BCUT2D eigenvalue weighted by atomic mass is 15.0. The first-order chi connectivity index (χ1) is 13.5. The maximum Gasteiger partial charge on any atom is 0.185 e. The first-order valence-corrected chi connectivity index (χ1v) is 10.5. The Morgan fingerprint density at radius 3 is 1.82 bits per heavy atom. The van der Waals surface area contributed by atoms with Crippen molar-refractivity contribution in [2.45, 2.75) is 77.0 Å². The molecule has 1 aromatic rings. The summed E-state index contributed by atoms with van der Waals surface area (Å²) in [6.45, 7) is 0.739. The van der Waals surface area contributed by atoms with Crippen LogP contribution in [-0.4, -0.2) is 24.1 Å². The second-order valence-electron chi connectivity index (χ2n) is 7.45. The van der Waals surface area contributed by atoms with Gasteiger partial charge in [0.1, 0.15) is 5.84 Å². The Morgan fingerprint density at radius 1 is 0.714 bits per heavy atom. The molecule has 0 aliphatic heterocycles. The quantitative estimate of drug-likeness (QED) is 0.166. The summed E-state index contributed by atoms with van der Waals surface area (Å²) in [7, 11) is 0. The Labute approximate surface area is 170 Å². The number of benzene rings is 1. The van der Waals surface area contributed by atoms with Crippen molar-refractivity contribution in [1.82, 2.24) is 0 Å². The van der Waals surface area contributed by atoms with Crippen LogP contribution in [0.4, 0.5) is 0 Å². The van der Waals surface area contributed by atoms with E-state index in [4.69, 9.17) is 28.0 Å². The van der Waals surface area contributed by atoms with Gasteiger partial charge in [0.2, 0.25) is 0 Å². The van der Waals surface area contributed by atoms with Crippen LogP contribution in [0.5, 0.6) is 0 Å². The number of hydrogen-bond acceptors (Lipinski definition) is 3. The number of guanidine groups is 1. The second kappa shape index (κ2) is 14.7. The number of nitrogens with zero attached hydrogens (tertiary/aromatic N) is 1. The van der Waals surface area contributed by atoms with Crippen molar-refractivity contribution in [3.05, 3.63) is 35.4 Å². The zero-order chi connectivity index (χ0) is 20.6. The number of aliphatic imine (C=N–C) groups is 1.